The molecule has 6 N–H and O–H groups in total. The second-order valence-electron chi connectivity index (χ2n) is 11.0. The van der Waals surface area contributed by atoms with Crippen molar-refractivity contribution in [3.63, 3.8) is 0 Å². The lowest BCUT2D eigenvalue weighted by Crippen LogP contribution is -2.63. The summed E-state index contributed by atoms with van der Waals surface area (Å²) in [5.41, 5.74) is 0.0756. The molecule has 0 spiro atoms. The highest BCUT2D eigenvalue weighted by molar-refractivity contribution is 4.94. The van der Waals surface area contributed by atoms with Crippen molar-refractivity contribution in [1.82, 2.24) is 0 Å². The van der Waals surface area contributed by atoms with E-state index in [1.54, 1.807) is 13.8 Å². The maximum Gasteiger partial charge on any atom is 0.187 e. The van der Waals surface area contributed by atoms with Crippen LogP contribution in [0.4, 0.5) is 0 Å². The fourth-order valence-electron chi connectivity index (χ4n) is 4.57. The van der Waals surface area contributed by atoms with E-state index in [0.717, 1.165) is 19.3 Å². The summed E-state index contributed by atoms with van der Waals surface area (Å²) in [6.07, 6.45) is -7.08. The summed E-state index contributed by atoms with van der Waals surface area (Å²) in [6, 6.07) is 0. The Morgan fingerprint density at radius 2 is 1.56 bits per heavy atom. The number of aliphatic hydroxyl groups excluding tert-OH is 6. The van der Waals surface area contributed by atoms with Crippen LogP contribution in [0.25, 0.3) is 0 Å². The summed E-state index contributed by atoms with van der Waals surface area (Å²) in [5, 5.41) is 61.3. The Hall–Kier alpha value is -0.400. The molecule has 11 atom stereocenters. The van der Waals surface area contributed by atoms with Gasteiger partial charge in [-0.1, -0.05) is 27.7 Å². The van der Waals surface area contributed by atoms with Gasteiger partial charge in [0, 0.05) is 12.5 Å². The number of hydrogen-bond acceptors (Lipinski definition) is 10. The summed E-state index contributed by atoms with van der Waals surface area (Å²) >= 11 is 0. The lowest BCUT2D eigenvalue weighted by atomic mass is 9.88. The van der Waals surface area contributed by atoms with Crippen LogP contribution in [0.2, 0.25) is 0 Å². The fraction of sp³-hybridized carbons (Fsp3) is 1.00. The van der Waals surface area contributed by atoms with Gasteiger partial charge in [0.2, 0.25) is 0 Å². The minimum absolute atomic E-state index is 0.0756. The largest absolute Gasteiger partial charge is 0.394 e. The molecule has 10 heteroatoms. The highest BCUT2D eigenvalue weighted by Crippen LogP contribution is 2.31. The second-order valence-corrected chi connectivity index (χ2v) is 11.0. The molecule has 2 heterocycles. The molecule has 0 aliphatic carbocycles. The van der Waals surface area contributed by atoms with Gasteiger partial charge in [-0.3, -0.25) is 0 Å². The van der Waals surface area contributed by atoms with Crippen molar-refractivity contribution in [3.05, 3.63) is 0 Å². The molecule has 0 aromatic carbocycles. The van der Waals surface area contributed by atoms with E-state index in [1.807, 2.05) is 0 Å². The lowest BCUT2D eigenvalue weighted by Gasteiger charge is -2.46. The average Bonchev–Trinajstić information content (AvgIpc) is 2.75. The van der Waals surface area contributed by atoms with Gasteiger partial charge in [-0.2, -0.15) is 0 Å². The van der Waals surface area contributed by atoms with Crippen LogP contribution in [0.15, 0.2) is 0 Å². The van der Waals surface area contributed by atoms with Gasteiger partial charge in [0.15, 0.2) is 6.29 Å². The van der Waals surface area contributed by atoms with Crippen LogP contribution in [0.1, 0.15) is 60.3 Å². The molecule has 0 bridgehead atoms. The summed E-state index contributed by atoms with van der Waals surface area (Å²) in [5.74, 6) is -0.515. The van der Waals surface area contributed by atoms with Crippen molar-refractivity contribution in [3.8, 4) is 0 Å². The minimum atomic E-state index is -1.40. The van der Waals surface area contributed by atoms with E-state index in [1.165, 1.54) is 0 Å². The zero-order valence-electron chi connectivity index (χ0n) is 21.1. The van der Waals surface area contributed by atoms with Gasteiger partial charge in [0.25, 0.3) is 0 Å². The highest BCUT2D eigenvalue weighted by Gasteiger charge is 2.49. The van der Waals surface area contributed by atoms with E-state index in [-0.39, 0.29) is 24.7 Å². The molecule has 2 rings (SSSR count). The second kappa shape index (κ2) is 13.2. The van der Waals surface area contributed by atoms with Crippen molar-refractivity contribution in [2.75, 3.05) is 19.8 Å². The predicted molar refractivity (Wildman–Crippen MR) is 123 cm³/mol. The van der Waals surface area contributed by atoms with Crippen molar-refractivity contribution in [2.24, 2.45) is 11.3 Å². The number of unbranched alkanes of at least 4 members (excludes halogenated alkanes) is 1. The summed E-state index contributed by atoms with van der Waals surface area (Å²) < 4.78 is 23.0. The fourth-order valence-corrected chi connectivity index (χ4v) is 4.57. The molecule has 0 saturated carbocycles. The molecular weight excluding hydrogens is 448 g/mol. The predicted octanol–water partition coefficient (Wildman–Crippen LogP) is -0.0602. The van der Waals surface area contributed by atoms with Crippen LogP contribution >= 0.6 is 0 Å². The summed E-state index contributed by atoms with van der Waals surface area (Å²) in [7, 11) is 0. The third-order valence-corrected chi connectivity index (χ3v) is 6.66. The molecule has 0 amide bonds. The highest BCUT2D eigenvalue weighted by atomic mass is 16.7. The van der Waals surface area contributed by atoms with Crippen molar-refractivity contribution < 1.29 is 49.6 Å². The van der Waals surface area contributed by atoms with Crippen molar-refractivity contribution >= 4 is 0 Å². The summed E-state index contributed by atoms with van der Waals surface area (Å²) in [6.45, 7) is 9.69. The van der Waals surface area contributed by atoms with Gasteiger partial charge in [0.1, 0.15) is 30.5 Å². The Labute approximate surface area is 202 Å². The zero-order chi connectivity index (χ0) is 25.6. The average molecular weight is 495 g/mol. The first-order valence-corrected chi connectivity index (χ1v) is 12.4. The molecule has 0 aromatic heterocycles. The summed E-state index contributed by atoms with van der Waals surface area (Å²) in [4.78, 5) is 0. The van der Waals surface area contributed by atoms with E-state index < -0.39 is 61.0 Å². The standard InChI is InChI=1S/C24H46O10/c1-13-16(11-25)33-23(21(30)18(13)27)34-22-17(32-14(2)19(28)20(22)29)12-31-9-7-6-8-15(26)10-24(3,4)5/h13-23,25-30H,6-12H2,1-5H3. The molecule has 11 unspecified atom stereocenters. The van der Waals surface area contributed by atoms with Crippen molar-refractivity contribution in [2.45, 2.75) is 122 Å². The van der Waals surface area contributed by atoms with E-state index >= 15 is 0 Å². The molecule has 10 nitrogen and oxygen atoms in total. The molecule has 0 radical (unpaired) electrons. The topological polar surface area (TPSA) is 158 Å². The monoisotopic (exact) mass is 494 g/mol. The van der Waals surface area contributed by atoms with Gasteiger partial charge >= 0.3 is 0 Å². The van der Waals surface area contributed by atoms with Gasteiger partial charge in [-0.15, -0.1) is 0 Å². The van der Waals surface area contributed by atoms with Crippen LogP contribution in [0, 0.1) is 11.3 Å². The Morgan fingerprint density at radius 3 is 2.18 bits per heavy atom. The third-order valence-electron chi connectivity index (χ3n) is 6.66. The van der Waals surface area contributed by atoms with E-state index in [2.05, 4.69) is 20.8 Å². The number of ether oxygens (including phenoxy) is 4. The molecule has 2 aliphatic heterocycles. The molecule has 202 valence electrons. The third kappa shape index (κ3) is 8.33. The number of hydrogen-bond donors (Lipinski definition) is 6. The lowest BCUT2D eigenvalue weighted by molar-refractivity contribution is -0.335. The maximum absolute atomic E-state index is 10.6. The molecule has 0 aromatic rings. The minimum Gasteiger partial charge on any atom is -0.394 e. The molecule has 2 saturated heterocycles. The number of aliphatic hydroxyl groups is 6. The first-order chi connectivity index (χ1) is 15.9. The Morgan fingerprint density at radius 1 is 0.882 bits per heavy atom. The van der Waals surface area contributed by atoms with E-state index in [9.17, 15) is 30.6 Å². The molecule has 2 aliphatic rings. The van der Waals surface area contributed by atoms with Crippen LogP contribution in [-0.2, 0) is 18.9 Å². The van der Waals surface area contributed by atoms with Crippen molar-refractivity contribution in [1.29, 1.82) is 0 Å². The van der Waals surface area contributed by atoms with Gasteiger partial charge < -0.3 is 49.6 Å². The van der Waals surface area contributed by atoms with Crippen LogP contribution < -0.4 is 0 Å². The normalized spacial score (nSPS) is 40.3. The zero-order valence-corrected chi connectivity index (χ0v) is 21.1. The Balaban J connectivity index is 1.89. The maximum atomic E-state index is 10.6. The Kier molecular flexibility index (Phi) is 11.6. The molecule has 2 fully saturated rings. The SMILES string of the molecule is CC1OC(COCCCCC(O)CC(C)(C)C)C(OC2OC(CO)C(C)C(O)C2O)C(O)C1O. The first-order valence-electron chi connectivity index (χ1n) is 12.4. The van der Waals surface area contributed by atoms with E-state index in [4.69, 9.17) is 18.9 Å². The number of rotatable bonds is 11. The molecule has 34 heavy (non-hydrogen) atoms. The van der Waals surface area contributed by atoms with E-state index in [0.29, 0.717) is 13.0 Å². The van der Waals surface area contributed by atoms with Crippen LogP contribution in [0.5, 0.6) is 0 Å². The van der Waals surface area contributed by atoms with Gasteiger partial charge in [-0.05, 0) is 38.0 Å². The Bertz CT molecular complexity index is 583. The smallest absolute Gasteiger partial charge is 0.187 e. The quantitative estimate of drug-likeness (QED) is 0.215. The van der Waals surface area contributed by atoms with Crippen LogP contribution in [0.3, 0.4) is 0 Å². The van der Waals surface area contributed by atoms with Crippen LogP contribution in [-0.4, -0.2) is 112 Å². The molecular formula is C24H46O10. The van der Waals surface area contributed by atoms with Gasteiger partial charge in [0.05, 0.1) is 37.6 Å². The van der Waals surface area contributed by atoms with Gasteiger partial charge in [-0.25, -0.2) is 0 Å². The first kappa shape index (κ1) is 29.8.